The fraction of sp³-hybridized carbons (Fsp3) is 0.800. The second-order valence-electron chi connectivity index (χ2n) is 3.76. The van der Waals surface area contributed by atoms with Crippen LogP contribution in [0, 0.1) is 0 Å². The highest BCUT2D eigenvalue weighted by atomic mass is 19.4. The Balaban J connectivity index is 4.55. The van der Waals surface area contributed by atoms with Crippen molar-refractivity contribution in [2.45, 2.75) is 38.9 Å². The van der Waals surface area contributed by atoms with E-state index < -0.39 is 30.8 Å². The first kappa shape index (κ1) is 16.5. The Kier molecular flexibility index (Phi) is 6.50. The molecule has 0 bridgehead atoms. The van der Waals surface area contributed by atoms with E-state index in [0.717, 1.165) is 0 Å². The molecule has 0 radical (unpaired) electrons. The van der Waals surface area contributed by atoms with E-state index >= 15 is 0 Å². The van der Waals surface area contributed by atoms with Gasteiger partial charge in [-0.2, -0.15) is 13.2 Å². The number of amides is 2. The van der Waals surface area contributed by atoms with Crippen LogP contribution in [0.4, 0.5) is 18.0 Å². The summed E-state index contributed by atoms with van der Waals surface area (Å²) in [4.78, 5) is 22.8. The molecular weight excluding hydrogens is 253 g/mol. The lowest BCUT2D eigenvalue weighted by atomic mass is 10.2. The van der Waals surface area contributed by atoms with Crippen molar-refractivity contribution < 1.29 is 27.9 Å². The van der Waals surface area contributed by atoms with Crippen LogP contribution in [-0.4, -0.2) is 47.3 Å². The molecule has 2 N–H and O–H groups in total. The zero-order valence-electron chi connectivity index (χ0n) is 10.3. The van der Waals surface area contributed by atoms with E-state index in [9.17, 15) is 22.8 Å². The smallest absolute Gasteiger partial charge is 0.406 e. The predicted octanol–water partition coefficient (Wildman–Crippen LogP) is 1.83. The molecule has 0 saturated heterocycles. The maximum absolute atomic E-state index is 12.2. The number of carbonyl (C=O) groups excluding carboxylic acids is 1. The monoisotopic (exact) mass is 270 g/mol. The van der Waals surface area contributed by atoms with Gasteiger partial charge in [0.2, 0.25) is 0 Å². The molecule has 0 aromatic heterocycles. The molecule has 106 valence electrons. The average molecular weight is 270 g/mol. The summed E-state index contributed by atoms with van der Waals surface area (Å²) < 4.78 is 36.5. The van der Waals surface area contributed by atoms with Crippen molar-refractivity contribution in [3.8, 4) is 0 Å². The summed E-state index contributed by atoms with van der Waals surface area (Å²) in [6.45, 7) is 1.56. The Morgan fingerprint density at radius 1 is 1.33 bits per heavy atom. The highest BCUT2D eigenvalue weighted by Gasteiger charge is 2.33. The van der Waals surface area contributed by atoms with E-state index in [2.05, 4.69) is 5.32 Å². The molecule has 0 rings (SSSR count). The third-order valence-electron chi connectivity index (χ3n) is 2.21. The van der Waals surface area contributed by atoms with E-state index in [0.29, 0.717) is 11.3 Å². The molecule has 5 nitrogen and oxygen atoms in total. The first-order chi connectivity index (χ1) is 8.21. The summed E-state index contributed by atoms with van der Waals surface area (Å²) in [5, 5.41) is 10.9. The third-order valence-corrected chi connectivity index (χ3v) is 2.21. The van der Waals surface area contributed by atoms with Crippen LogP contribution in [-0.2, 0) is 4.79 Å². The van der Waals surface area contributed by atoms with Crippen molar-refractivity contribution in [2.24, 2.45) is 0 Å². The van der Waals surface area contributed by atoms with Gasteiger partial charge >= 0.3 is 18.2 Å². The summed E-state index contributed by atoms with van der Waals surface area (Å²) in [6.07, 6.45) is -3.83. The molecule has 1 atom stereocenters. The second kappa shape index (κ2) is 7.07. The number of carboxylic acid groups (broad SMARTS) is 1. The lowest BCUT2D eigenvalue weighted by molar-refractivity contribution is -0.140. The van der Waals surface area contributed by atoms with Gasteiger partial charge in [0.1, 0.15) is 12.6 Å². The largest absolute Gasteiger partial charge is 0.480 e. The van der Waals surface area contributed by atoms with Gasteiger partial charge in [0.25, 0.3) is 0 Å². The number of nitrogens with one attached hydrogen (secondary N) is 1. The molecular formula is C10H17F3N2O3. The first-order valence-electron chi connectivity index (χ1n) is 5.56. The quantitative estimate of drug-likeness (QED) is 0.773. The van der Waals surface area contributed by atoms with E-state index in [1.54, 1.807) is 6.92 Å². The number of aliphatic carboxylic acids is 1. The van der Waals surface area contributed by atoms with Crippen molar-refractivity contribution in [1.82, 2.24) is 10.2 Å². The zero-order chi connectivity index (χ0) is 14.3. The van der Waals surface area contributed by atoms with Gasteiger partial charge in [0.05, 0.1) is 0 Å². The molecule has 0 aliphatic rings. The topological polar surface area (TPSA) is 69.6 Å². The molecule has 0 aromatic rings. The lowest BCUT2D eigenvalue weighted by Crippen LogP contribution is -2.50. The number of nitrogens with zero attached hydrogens (tertiary/aromatic N) is 1. The first-order valence-corrected chi connectivity index (χ1v) is 5.56. The van der Waals surface area contributed by atoms with Gasteiger partial charge in [-0.25, -0.2) is 9.59 Å². The van der Waals surface area contributed by atoms with Crippen molar-refractivity contribution in [1.29, 1.82) is 0 Å². The molecule has 0 saturated carbocycles. The molecule has 8 heteroatoms. The standard InChI is InChI=1S/C10H17F3N2O3/c1-3-5-7(8(16)17)14-9(18)15(4-2)6-10(11,12)13/h7H,3-6H2,1-2H3,(H,14,18)(H,16,17)/t7-/m1/s1. The van der Waals surface area contributed by atoms with E-state index in [1.165, 1.54) is 6.92 Å². The summed E-state index contributed by atoms with van der Waals surface area (Å²) >= 11 is 0. The fourth-order valence-electron chi connectivity index (χ4n) is 1.33. The number of carbonyl (C=O) groups is 2. The predicted molar refractivity (Wildman–Crippen MR) is 58.2 cm³/mol. The Bertz CT molecular complexity index is 295. The number of hydrogen-bond donors (Lipinski definition) is 2. The van der Waals surface area contributed by atoms with Gasteiger partial charge in [-0.3, -0.25) is 0 Å². The van der Waals surface area contributed by atoms with Crippen molar-refractivity contribution in [2.75, 3.05) is 13.1 Å². The Morgan fingerprint density at radius 2 is 1.89 bits per heavy atom. The molecule has 0 fully saturated rings. The minimum Gasteiger partial charge on any atom is -0.480 e. The lowest BCUT2D eigenvalue weighted by Gasteiger charge is -2.24. The molecule has 2 amide bonds. The van der Waals surface area contributed by atoms with Crippen molar-refractivity contribution >= 4 is 12.0 Å². The van der Waals surface area contributed by atoms with E-state index in [4.69, 9.17) is 5.11 Å². The number of hydrogen-bond acceptors (Lipinski definition) is 2. The molecule has 18 heavy (non-hydrogen) atoms. The fourth-order valence-corrected chi connectivity index (χ4v) is 1.33. The van der Waals surface area contributed by atoms with Crippen LogP contribution in [0.5, 0.6) is 0 Å². The number of urea groups is 1. The average Bonchev–Trinajstić information content (AvgIpc) is 2.23. The maximum atomic E-state index is 12.2. The highest BCUT2D eigenvalue weighted by Crippen LogP contribution is 2.16. The number of rotatable bonds is 6. The summed E-state index contributed by atoms with van der Waals surface area (Å²) in [5.41, 5.74) is 0. The highest BCUT2D eigenvalue weighted by molar-refractivity contribution is 5.82. The van der Waals surface area contributed by atoms with Gasteiger partial charge < -0.3 is 15.3 Å². The zero-order valence-corrected chi connectivity index (χ0v) is 10.3. The number of halogens is 3. The van der Waals surface area contributed by atoms with Gasteiger partial charge in [-0.1, -0.05) is 13.3 Å². The molecule has 0 unspecified atom stereocenters. The normalized spacial score (nSPS) is 12.9. The SMILES string of the molecule is CCC[C@@H](NC(=O)N(CC)CC(F)(F)F)C(=O)O. The second-order valence-corrected chi connectivity index (χ2v) is 3.76. The van der Waals surface area contributed by atoms with Crippen LogP contribution in [0.15, 0.2) is 0 Å². The van der Waals surface area contributed by atoms with Gasteiger partial charge in [-0.05, 0) is 13.3 Å². The molecule has 0 aromatic carbocycles. The van der Waals surface area contributed by atoms with Gasteiger partial charge in [0.15, 0.2) is 0 Å². The van der Waals surface area contributed by atoms with Crippen LogP contribution >= 0.6 is 0 Å². The minimum atomic E-state index is -4.50. The molecule has 0 aliphatic carbocycles. The van der Waals surface area contributed by atoms with Crippen LogP contribution in [0.1, 0.15) is 26.7 Å². The van der Waals surface area contributed by atoms with Gasteiger partial charge in [-0.15, -0.1) is 0 Å². The summed E-state index contributed by atoms with van der Waals surface area (Å²) in [7, 11) is 0. The van der Waals surface area contributed by atoms with Gasteiger partial charge in [0, 0.05) is 6.54 Å². The van der Waals surface area contributed by atoms with Crippen LogP contribution in [0.25, 0.3) is 0 Å². The van der Waals surface area contributed by atoms with Crippen LogP contribution < -0.4 is 5.32 Å². The Labute approximate surface area is 103 Å². The van der Waals surface area contributed by atoms with E-state index in [1.807, 2.05) is 0 Å². The molecule has 0 spiro atoms. The summed E-state index contributed by atoms with van der Waals surface area (Å²) in [5.74, 6) is -1.26. The molecule has 0 aliphatic heterocycles. The maximum Gasteiger partial charge on any atom is 0.406 e. The van der Waals surface area contributed by atoms with Crippen LogP contribution in [0.3, 0.4) is 0 Å². The number of alkyl halides is 3. The summed E-state index contributed by atoms with van der Waals surface area (Å²) in [6, 6.07) is -2.18. The number of carboxylic acids is 1. The van der Waals surface area contributed by atoms with Crippen LogP contribution in [0.2, 0.25) is 0 Å². The Morgan fingerprint density at radius 3 is 2.22 bits per heavy atom. The Hall–Kier alpha value is -1.47. The minimum absolute atomic E-state index is 0.149. The van der Waals surface area contributed by atoms with E-state index in [-0.39, 0.29) is 13.0 Å². The van der Waals surface area contributed by atoms with Crippen molar-refractivity contribution in [3.05, 3.63) is 0 Å². The van der Waals surface area contributed by atoms with Crippen molar-refractivity contribution in [3.63, 3.8) is 0 Å². The third kappa shape index (κ3) is 6.31. The molecule has 0 heterocycles.